The lowest BCUT2D eigenvalue weighted by molar-refractivity contribution is 0.658. The van der Waals surface area contributed by atoms with Crippen LogP contribution in [-0.4, -0.2) is 33.8 Å². The number of nitrogens with two attached hydrogens (primary N) is 1. The summed E-state index contributed by atoms with van der Waals surface area (Å²) in [5.41, 5.74) is 11.3. The monoisotopic (exact) mass is 351 g/mol. The minimum atomic E-state index is 0.546. The molecule has 136 valence electrons. The first kappa shape index (κ1) is 17.7. The molecule has 0 atom stereocenters. The van der Waals surface area contributed by atoms with Crippen LogP contribution in [0.4, 0.5) is 17.3 Å². The van der Waals surface area contributed by atoms with Crippen LogP contribution < -0.4 is 16.0 Å². The lowest BCUT2D eigenvalue weighted by Crippen LogP contribution is -2.15. The molecular formula is C19H25N7. The minimum absolute atomic E-state index is 0.546. The molecule has 0 bridgehead atoms. The highest BCUT2D eigenvalue weighted by Gasteiger charge is 2.14. The van der Waals surface area contributed by atoms with Gasteiger partial charge in [-0.25, -0.2) is 9.97 Å². The zero-order valence-corrected chi connectivity index (χ0v) is 15.7. The first-order valence-corrected chi connectivity index (χ1v) is 8.56. The summed E-state index contributed by atoms with van der Waals surface area (Å²) in [6, 6.07) is 10.3. The number of nitrogens with zero attached hydrogens (tertiary/aromatic N) is 5. The third-order valence-corrected chi connectivity index (χ3v) is 4.43. The molecule has 0 saturated carbocycles. The van der Waals surface area contributed by atoms with Crippen molar-refractivity contribution in [3.05, 3.63) is 59.2 Å². The number of anilines is 3. The summed E-state index contributed by atoms with van der Waals surface area (Å²) < 4.78 is 2.04. The Bertz CT molecular complexity index is 884. The van der Waals surface area contributed by atoms with Gasteiger partial charge in [0.2, 0.25) is 0 Å². The molecule has 2 heterocycles. The summed E-state index contributed by atoms with van der Waals surface area (Å²) in [6.07, 6.45) is 1.52. The predicted molar refractivity (Wildman–Crippen MR) is 105 cm³/mol. The largest absolute Gasteiger partial charge is 0.393 e. The summed E-state index contributed by atoms with van der Waals surface area (Å²) in [6.45, 7) is 5.49. The van der Waals surface area contributed by atoms with Crippen molar-refractivity contribution in [3.8, 4) is 0 Å². The average Bonchev–Trinajstić information content (AvgIpc) is 2.88. The Morgan fingerprint density at radius 2 is 1.85 bits per heavy atom. The zero-order chi connectivity index (χ0) is 18.7. The van der Waals surface area contributed by atoms with Gasteiger partial charge < -0.3 is 16.0 Å². The molecule has 0 fully saturated rings. The predicted octanol–water partition coefficient (Wildman–Crippen LogP) is 2.60. The van der Waals surface area contributed by atoms with Crippen LogP contribution in [0.3, 0.4) is 0 Å². The van der Waals surface area contributed by atoms with Gasteiger partial charge in [-0.3, -0.25) is 4.68 Å². The number of hydrogen-bond acceptors (Lipinski definition) is 6. The van der Waals surface area contributed by atoms with Gasteiger partial charge in [-0.15, -0.1) is 0 Å². The van der Waals surface area contributed by atoms with E-state index in [2.05, 4.69) is 34.3 Å². The van der Waals surface area contributed by atoms with Gasteiger partial charge in [0, 0.05) is 31.9 Å². The van der Waals surface area contributed by atoms with E-state index in [4.69, 9.17) is 10.8 Å². The third-order valence-electron chi connectivity index (χ3n) is 4.43. The van der Waals surface area contributed by atoms with Crippen LogP contribution in [-0.2, 0) is 13.1 Å². The van der Waals surface area contributed by atoms with Crippen LogP contribution in [0.15, 0.2) is 36.7 Å². The van der Waals surface area contributed by atoms with Crippen molar-refractivity contribution in [3.63, 3.8) is 0 Å². The van der Waals surface area contributed by atoms with Gasteiger partial charge in [-0.1, -0.05) is 30.3 Å². The number of hydrogen-bond donors (Lipinski definition) is 2. The summed E-state index contributed by atoms with van der Waals surface area (Å²) in [7, 11) is 3.81. The number of benzene rings is 1. The highest BCUT2D eigenvalue weighted by atomic mass is 15.3. The normalized spacial score (nSPS) is 10.8. The molecule has 0 saturated heterocycles. The fourth-order valence-electron chi connectivity index (χ4n) is 2.96. The van der Waals surface area contributed by atoms with Crippen LogP contribution in [0, 0.1) is 13.8 Å². The number of nitrogens with one attached hydrogen (secondary N) is 1. The second kappa shape index (κ2) is 7.43. The van der Waals surface area contributed by atoms with E-state index in [0.29, 0.717) is 23.9 Å². The Labute approximate surface area is 153 Å². The van der Waals surface area contributed by atoms with Crippen molar-refractivity contribution < 1.29 is 0 Å². The summed E-state index contributed by atoms with van der Waals surface area (Å²) >= 11 is 0. The quantitative estimate of drug-likeness (QED) is 0.710. The van der Waals surface area contributed by atoms with Gasteiger partial charge in [0.1, 0.15) is 12.0 Å². The highest BCUT2D eigenvalue weighted by molar-refractivity contribution is 5.74. The molecule has 0 aliphatic carbocycles. The molecule has 0 aliphatic heterocycles. The van der Waals surface area contributed by atoms with Gasteiger partial charge >= 0.3 is 0 Å². The molecule has 3 rings (SSSR count). The fraction of sp³-hybridized carbons (Fsp3) is 0.316. The van der Waals surface area contributed by atoms with Crippen molar-refractivity contribution in [2.24, 2.45) is 0 Å². The van der Waals surface area contributed by atoms with E-state index in [-0.39, 0.29) is 0 Å². The number of aryl methyl sites for hydroxylation is 1. The van der Waals surface area contributed by atoms with Crippen molar-refractivity contribution >= 4 is 17.3 Å². The topological polar surface area (TPSA) is 84.9 Å². The van der Waals surface area contributed by atoms with Crippen LogP contribution in [0.5, 0.6) is 0 Å². The Hall–Kier alpha value is -3.09. The van der Waals surface area contributed by atoms with E-state index in [1.54, 1.807) is 0 Å². The smallest absolute Gasteiger partial charge is 0.156 e. The summed E-state index contributed by atoms with van der Waals surface area (Å²) in [4.78, 5) is 10.4. The van der Waals surface area contributed by atoms with Crippen LogP contribution in [0.2, 0.25) is 0 Å². The van der Waals surface area contributed by atoms with E-state index < -0.39 is 0 Å². The summed E-state index contributed by atoms with van der Waals surface area (Å²) in [5.74, 6) is 1.34. The molecule has 0 amide bonds. The molecule has 0 unspecified atom stereocenters. The maximum absolute atomic E-state index is 6.18. The lowest BCUT2D eigenvalue weighted by atomic mass is 10.2. The molecular weight excluding hydrogens is 326 g/mol. The zero-order valence-electron chi connectivity index (χ0n) is 15.7. The van der Waals surface area contributed by atoms with E-state index in [1.807, 2.05) is 48.8 Å². The second-order valence-corrected chi connectivity index (χ2v) is 6.50. The Morgan fingerprint density at radius 1 is 1.12 bits per heavy atom. The molecule has 3 N–H and O–H groups in total. The van der Waals surface area contributed by atoms with Crippen molar-refractivity contribution in [1.82, 2.24) is 19.7 Å². The van der Waals surface area contributed by atoms with Crippen LogP contribution >= 0.6 is 0 Å². The first-order chi connectivity index (χ1) is 12.5. The first-order valence-electron chi connectivity index (χ1n) is 8.56. The highest BCUT2D eigenvalue weighted by Crippen LogP contribution is 2.25. The second-order valence-electron chi connectivity index (χ2n) is 6.50. The Balaban J connectivity index is 1.78. The number of rotatable bonds is 6. The lowest BCUT2D eigenvalue weighted by Gasteiger charge is -2.16. The van der Waals surface area contributed by atoms with Crippen molar-refractivity contribution in [2.45, 2.75) is 26.9 Å². The van der Waals surface area contributed by atoms with Crippen LogP contribution in [0.1, 0.15) is 22.5 Å². The number of aromatic nitrogens is 4. The van der Waals surface area contributed by atoms with E-state index in [1.165, 1.54) is 11.9 Å². The van der Waals surface area contributed by atoms with Gasteiger partial charge in [-0.2, -0.15) is 5.10 Å². The Kier molecular flexibility index (Phi) is 5.06. The third kappa shape index (κ3) is 3.61. The van der Waals surface area contributed by atoms with E-state index in [0.717, 1.165) is 23.5 Å². The molecule has 0 spiro atoms. The molecule has 7 nitrogen and oxygen atoms in total. The van der Waals surface area contributed by atoms with E-state index >= 15 is 0 Å². The SMILES string of the molecule is Cc1nn(Cc2ccccc2)c(C)c1CNc1ncnc(N(C)C)c1N. The minimum Gasteiger partial charge on any atom is -0.393 e. The van der Waals surface area contributed by atoms with Crippen molar-refractivity contribution in [2.75, 3.05) is 30.0 Å². The maximum atomic E-state index is 6.18. The molecule has 7 heteroatoms. The fourth-order valence-corrected chi connectivity index (χ4v) is 2.96. The van der Waals surface area contributed by atoms with E-state index in [9.17, 15) is 0 Å². The molecule has 1 aromatic carbocycles. The van der Waals surface area contributed by atoms with Crippen molar-refractivity contribution in [1.29, 1.82) is 0 Å². The van der Waals surface area contributed by atoms with Gasteiger partial charge in [0.05, 0.1) is 12.2 Å². The molecule has 0 radical (unpaired) electrons. The molecule has 26 heavy (non-hydrogen) atoms. The number of nitrogen functional groups attached to an aromatic ring is 1. The van der Waals surface area contributed by atoms with Gasteiger partial charge in [0.15, 0.2) is 11.6 Å². The molecule has 3 aromatic rings. The Morgan fingerprint density at radius 3 is 2.54 bits per heavy atom. The van der Waals surface area contributed by atoms with Gasteiger partial charge in [0.25, 0.3) is 0 Å². The standard InChI is InChI=1S/C19H25N7/c1-13-16(10-21-18-17(20)19(25(3)4)23-12-22-18)14(2)26(24-13)11-15-8-6-5-7-9-15/h5-9,12H,10-11,20H2,1-4H3,(H,21,22,23). The van der Waals surface area contributed by atoms with Gasteiger partial charge in [-0.05, 0) is 19.4 Å². The van der Waals surface area contributed by atoms with Crippen LogP contribution in [0.25, 0.3) is 0 Å². The summed E-state index contributed by atoms with van der Waals surface area (Å²) in [5, 5.41) is 8.02. The maximum Gasteiger partial charge on any atom is 0.156 e. The average molecular weight is 351 g/mol. The molecule has 0 aliphatic rings. The molecule has 2 aromatic heterocycles.